The van der Waals surface area contributed by atoms with Gasteiger partial charge in [0.05, 0.1) is 17.9 Å². The van der Waals surface area contributed by atoms with Crippen molar-refractivity contribution in [3.8, 4) is 5.82 Å². The Kier molecular flexibility index (Phi) is 3.03. The molecule has 1 amide bonds. The fourth-order valence-electron chi connectivity index (χ4n) is 4.03. The predicted molar refractivity (Wildman–Crippen MR) is 87.9 cm³/mol. The third kappa shape index (κ3) is 2.12. The molecule has 25 heavy (non-hydrogen) atoms. The molecule has 1 atom stereocenters. The van der Waals surface area contributed by atoms with Gasteiger partial charge in [0.25, 0.3) is 5.91 Å². The van der Waals surface area contributed by atoms with E-state index >= 15 is 0 Å². The summed E-state index contributed by atoms with van der Waals surface area (Å²) in [5.41, 5.74) is 0.788. The highest BCUT2D eigenvalue weighted by atomic mass is 16.3. The lowest BCUT2D eigenvalue weighted by Gasteiger charge is -2.61. The van der Waals surface area contributed by atoms with Crippen molar-refractivity contribution in [2.45, 2.75) is 25.3 Å². The number of hydrogen-bond acceptors (Lipinski definition) is 5. The fraction of sp³-hybridized carbons (Fsp3) is 0.333. The monoisotopic (exact) mass is 335 g/mol. The molecule has 4 heterocycles. The van der Waals surface area contributed by atoms with Gasteiger partial charge in [-0.3, -0.25) is 4.79 Å². The summed E-state index contributed by atoms with van der Waals surface area (Å²) in [6.07, 6.45) is 9.85. The minimum atomic E-state index is -0.00318. The molecule has 5 rings (SSSR count). The number of carbonyl (C=O) groups excluding carboxylic acids is 1. The molecule has 1 aliphatic heterocycles. The van der Waals surface area contributed by atoms with E-state index < -0.39 is 0 Å². The molecule has 7 heteroatoms. The zero-order valence-corrected chi connectivity index (χ0v) is 13.6. The van der Waals surface area contributed by atoms with Crippen molar-refractivity contribution in [3.63, 3.8) is 0 Å². The molecule has 3 aromatic rings. The number of pyridine rings is 1. The van der Waals surface area contributed by atoms with Gasteiger partial charge in [-0.15, -0.1) is 0 Å². The molecule has 1 saturated carbocycles. The lowest BCUT2D eigenvalue weighted by Crippen LogP contribution is -2.63. The first-order chi connectivity index (χ1) is 12.3. The van der Waals surface area contributed by atoms with Gasteiger partial charge in [-0.05, 0) is 37.1 Å². The van der Waals surface area contributed by atoms with Crippen LogP contribution < -0.4 is 0 Å². The molecule has 0 bridgehead atoms. The number of likely N-dealkylation sites (tertiary alicyclic amines) is 1. The minimum absolute atomic E-state index is 0.00318. The van der Waals surface area contributed by atoms with E-state index in [4.69, 9.17) is 4.42 Å². The molecule has 1 spiro atoms. The minimum Gasteiger partial charge on any atom is -0.467 e. The molecular formula is C18H17N5O2. The topological polar surface area (TPSA) is 77.1 Å². The molecule has 0 radical (unpaired) electrons. The predicted octanol–water partition coefficient (Wildman–Crippen LogP) is 2.62. The van der Waals surface area contributed by atoms with E-state index in [1.54, 1.807) is 35.6 Å². The van der Waals surface area contributed by atoms with Gasteiger partial charge in [0, 0.05) is 18.2 Å². The summed E-state index contributed by atoms with van der Waals surface area (Å²) < 4.78 is 7.19. The first-order valence-corrected chi connectivity index (χ1v) is 8.42. The van der Waals surface area contributed by atoms with Crippen molar-refractivity contribution in [2.24, 2.45) is 5.41 Å². The van der Waals surface area contributed by atoms with E-state index in [1.165, 1.54) is 12.7 Å². The number of nitrogens with zero attached hydrogens (tertiary/aromatic N) is 5. The van der Waals surface area contributed by atoms with Crippen molar-refractivity contribution in [1.29, 1.82) is 0 Å². The van der Waals surface area contributed by atoms with E-state index in [2.05, 4.69) is 15.1 Å². The third-order valence-corrected chi connectivity index (χ3v) is 5.45. The summed E-state index contributed by atoms with van der Waals surface area (Å²) in [5, 5.41) is 4.04. The maximum Gasteiger partial charge on any atom is 0.256 e. The summed E-state index contributed by atoms with van der Waals surface area (Å²) >= 11 is 0. The highest BCUT2D eigenvalue weighted by Gasteiger charge is 2.59. The molecule has 3 aromatic heterocycles. The Morgan fingerprint density at radius 1 is 1.28 bits per heavy atom. The van der Waals surface area contributed by atoms with Crippen LogP contribution in [0.4, 0.5) is 0 Å². The Morgan fingerprint density at radius 3 is 2.80 bits per heavy atom. The van der Waals surface area contributed by atoms with Crippen LogP contribution >= 0.6 is 0 Å². The Hall–Kier alpha value is -2.96. The molecule has 126 valence electrons. The Balaban J connectivity index is 1.40. The first-order valence-electron chi connectivity index (χ1n) is 8.42. The Morgan fingerprint density at radius 2 is 2.20 bits per heavy atom. The van der Waals surface area contributed by atoms with Crippen LogP contribution in [0.5, 0.6) is 0 Å². The number of aromatic nitrogens is 4. The van der Waals surface area contributed by atoms with E-state index in [0.29, 0.717) is 11.4 Å². The summed E-state index contributed by atoms with van der Waals surface area (Å²) in [6.45, 7) is 0.794. The molecule has 0 N–H and O–H groups in total. The first kappa shape index (κ1) is 14.4. The van der Waals surface area contributed by atoms with Gasteiger partial charge in [0.15, 0.2) is 5.82 Å². The van der Waals surface area contributed by atoms with Crippen molar-refractivity contribution < 1.29 is 9.21 Å². The van der Waals surface area contributed by atoms with Crippen LogP contribution in [0, 0.1) is 5.41 Å². The standard InChI is InChI=1S/C18H17N5O2/c24-17(13-4-5-15(20-9-13)23-12-19-11-21-23)22-10-18(6-2-7-18)16(22)14-3-1-8-25-14/h1,3-5,8-9,11-12,16H,2,6-7,10H2. The molecule has 2 fully saturated rings. The molecule has 2 aliphatic rings. The summed E-state index contributed by atoms with van der Waals surface area (Å²) in [6, 6.07) is 7.46. The van der Waals surface area contributed by atoms with Crippen molar-refractivity contribution in [1.82, 2.24) is 24.6 Å². The highest BCUT2D eigenvalue weighted by Crippen LogP contribution is 2.60. The van der Waals surface area contributed by atoms with E-state index in [0.717, 1.165) is 25.1 Å². The fourth-order valence-corrected chi connectivity index (χ4v) is 4.03. The van der Waals surface area contributed by atoms with Crippen LogP contribution in [0.1, 0.15) is 41.4 Å². The highest BCUT2D eigenvalue weighted by molar-refractivity contribution is 5.95. The van der Waals surface area contributed by atoms with E-state index in [1.807, 2.05) is 17.0 Å². The molecule has 0 aromatic carbocycles. The van der Waals surface area contributed by atoms with Crippen molar-refractivity contribution >= 4 is 5.91 Å². The van der Waals surface area contributed by atoms with Crippen LogP contribution in [-0.4, -0.2) is 37.1 Å². The second kappa shape index (κ2) is 5.27. The molecular weight excluding hydrogens is 318 g/mol. The number of hydrogen-bond donors (Lipinski definition) is 0. The van der Waals surface area contributed by atoms with Gasteiger partial charge >= 0.3 is 0 Å². The van der Waals surface area contributed by atoms with Gasteiger partial charge in [0.1, 0.15) is 18.4 Å². The van der Waals surface area contributed by atoms with Crippen molar-refractivity contribution in [2.75, 3.05) is 6.54 Å². The number of furan rings is 1. The van der Waals surface area contributed by atoms with Crippen LogP contribution in [0.25, 0.3) is 5.82 Å². The van der Waals surface area contributed by atoms with Gasteiger partial charge in [-0.2, -0.15) is 5.10 Å². The van der Waals surface area contributed by atoms with Crippen LogP contribution in [-0.2, 0) is 0 Å². The van der Waals surface area contributed by atoms with Crippen LogP contribution in [0.15, 0.2) is 53.8 Å². The number of rotatable bonds is 3. The van der Waals surface area contributed by atoms with Crippen LogP contribution in [0.2, 0.25) is 0 Å². The molecule has 1 unspecified atom stereocenters. The summed E-state index contributed by atoms with van der Waals surface area (Å²) in [4.78, 5) is 23.1. The van der Waals surface area contributed by atoms with Gasteiger partial charge < -0.3 is 9.32 Å². The maximum absolute atomic E-state index is 13.0. The SMILES string of the molecule is O=C(c1ccc(-n2cncn2)nc1)N1CC2(CCC2)C1c1ccco1. The molecule has 1 saturated heterocycles. The maximum atomic E-state index is 13.0. The van der Waals surface area contributed by atoms with Gasteiger partial charge in [0.2, 0.25) is 0 Å². The van der Waals surface area contributed by atoms with Gasteiger partial charge in [-0.1, -0.05) is 6.42 Å². The normalized spacial score (nSPS) is 21.0. The number of carbonyl (C=O) groups is 1. The summed E-state index contributed by atoms with van der Waals surface area (Å²) in [5.74, 6) is 1.51. The molecule has 7 nitrogen and oxygen atoms in total. The largest absolute Gasteiger partial charge is 0.467 e. The average molecular weight is 335 g/mol. The second-order valence-electron chi connectivity index (χ2n) is 6.81. The Labute approximate surface area is 144 Å². The second-order valence-corrected chi connectivity index (χ2v) is 6.81. The lowest BCUT2D eigenvalue weighted by molar-refractivity contribution is -0.113. The number of amides is 1. The zero-order valence-electron chi connectivity index (χ0n) is 13.6. The van der Waals surface area contributed by atoms with E-state index in [-0.39, 0.29) is 17.4 Å². The zero-order chi connectivity index (χ0) is 16.9. The van der Waals surface area contributed by atoms with Crippen LogP contribution in [0.3, 0.4) is 0 Å². The molecule has 1 aliphatic carbocycles. The average Bonchev–Trinajstić information content (AvgIpc) is 3.26. The summed E-state index contributed by atoms with van der Waals surface area (Å²) in [7, 11) is 0. The van der Waals surface area contributed by atoms with Gasteiger partial charge in [-0.25, -0.2) is 14.6 Å². The Bertz CT molecular complexity index is 882. The third-order valence-electron chi connectivity index (χ3n) is 5.45. The smallest absolute Gasteiger partial charge is 0.256 e. The quantitative estimate of drug-likeness (QED) is 0.735. The van der Waals surface area contributed by atoms with E-state index in [9.17, 15) is 4.79 Å². The van der Waals surface area contributed by atoms with Crippen molar-refractivity contribution in [3.05, 3.63) is 60.7 Å². The lowest BCUT2D eigenvalue weighted by atomic mass is 9.57.